The van der Waals surface area contributed by atoms with Gasteiger partial charge in [-0.2, -0.15) is 4.31 Å². The molecular weight excluding hydrogens is 300 g/mol. The molecule has 8 nitrogen and oxygen atoms in total. The minimum atomic E-state index is -3.83. The third-order valence-corrected chi connectivity index (χ3v) is 5.24. The smallest absolute Gasteiger partial charge is 0.303 e. The number of nitro benzene ring substituents is 1. The lowest BCUT2D eigenvalue weighted by molar-refractivity contribution is -0.385. The quantitative estimate of drug-likeness (QED) is 0.642. The lowest BCUT2D eigenvalue weighted by Crippen LogP contribution is -2.29. The number of nitrogens with zero attached hydrogens (tertiary/aromatic N) is 2. The average Bonchev–Trinajstić information content (AvgIpc) is 2.87. The van der Waals surface area contributed by atoms with Crippen LogP contribution in [0, 0.1) is 16.0 Å². The predicted molar refractivity (Wildman–Crippen MR) is 72.2 cm³/mol. The minimum absolute atomic E-state index is 0.0824. The molecule has 2 rings (SSSR count). The van der Waals surface area contributed by atoms with Gasteiger partial charge in [-0.15, -0.1) is 0 Å². The molecule has 1 aliphatic rings. The molecule has 0 aliphatic carbocycles. The third kappa shape index (κ3) is 3.37. The van der Waals surface area contributed by atoms with Crippen molar-refractivity contribution in [2.24, 2.45) is 5.92 Å². The van der Waals surface area contributed by atoms with E-state index in [2.05, 4.69) is 0 Å². The fraction of sp³-hybridized carbons (Fsp3) is 0.417. The van der Waals surface area contributed by atoms with Gasteiger partial charge in [0.1, 0.15) is 0 Å². The first-order valence-electron chi connectivity index (χ1n) is 6.27. The molecule has 0 spiro atoms. The molecule has 1 aromatic carbocycles. The van der Waals surface area contributed by atoms with Gasteiger partial charge in [-0.1, -0.05) is 6.07 Å². The second kappa shape index (κ2) is 5.78. The molecule has 1 atom stereocenters. The van der Waals surface area contributed by atoms with Gasteiger partial charge in [0, 0.05) is 31.6 Å². The molecule has 0 saturated carbocycles. The molecule has 0 aromatic heterocycles. The lowest BCUT2D eigenvalue weighted by Gasteiger charge is -2.16. The number of non-ortho nitro benzene ring substituents is 1. The van der Waals surface area contributed by atoms with E-state index >= 15 is 0 Å². The zero-order valence-corrected chi connectivity index (χ0v) is 11.8. The molecular formula is C12H14N2O6S. The standard InChI is InChI=1S/C12H14N2O6S/c15-12(16)6-9-4-5-13(8-9)21(19,20)11-3-1-2-10(7-11)14(17)18/h1-3,7,9H,4-6,8H2,(H,15,16). The van der Waals surface area contributed by atoms with Crippen molar-refractivity contribution in [2.45, 2.75) is 17.7 Å². The Labute approximate surface area is 121 Å². The van der Waals surface area contributed by atoms with Gasteiger partial charge >= 0.3 is 5.97 Å². The Hall–Kier alpha value is -2.00. The van der Waals surface area contributed by atoms with Crippen molar-refractivity contribution in [1.29, 1.82) is 0 Å². The topological polar surface area (TPSA) is 118 Å². The lowest BCUT2D eigenvalue weighted by atomic mass is 10.1. The van der Waals surface area contributed by atoms with E-state index in [1.54, 1.807) is 0 Å². The van der Waals surface area contributed by atoms with E-state index in [0.29, 0.717) is 6.42 Å². The number of nitro groups is 1. The normalized spacial score (nSPS) is 19.5. The second-order valence-corrected chi connectivity index (χ2v) is 6.81. The van der Waals surface area contributed by atoms with E-state index in [1.165, 1.54) is 22.5 Å². The van der Waals surface area contributed by atoms with Crippen molar-refractivity contribution in [3.05, 3.63) is 34.4 Å². The predicted octanol–water partition coefficient (Wildman–Crippen LogP) is 1.08. The van der Waals surface area contributed by atoms with E-state index < -0.39 is 20.9 Å². The number of carboxylic acid groups (broad SMARTS) is 1. The SMILES string of the molecule is O=C(O)CC1CCN(S(=O)(=O)c2cccc([N+](=O)[O-])c2)C1. The van der Waals surface area contributed by atoms with Gasteiger partial charge in [0.25, 0.3) is 5.69 Å². The highest BCUT2D eigenvalue weighted by atomic mass is 32.2. The highest BCUT2D eigenvalue weighted by Gasteiger charge is 2.33. The van der Waals surface area contributed by atoms with E-state index in [0.717, 1.165) is 6.07 Å². The first-order chi connectivity index (χ1) is 9.80. The van der Waals surface area contributed by atoms with Gasteiger partial charge < -0.3 is 5.11 Å². The van der Waals surface area contributed by atoms with Crippen molar-refractivity contribution in [2.75, 3.05) is 13.1 Å². The number of aliphatic carboxylic acids is 1. The van der Waals surface area contributed by atoms with E-state index in [1.807, 2.05) is 0 Å². The van der Waals surface area contributed by atoms with Crippen LogP contribution in [-0.2, 0) is 14.8 Å². The maximum atomic E-state index is 12.4. The van der Waals surface area contributed by atoms with Crippen LogP contribution in [0.15, 0.2) is 29.2 Å². The Balaban J connectivity index is 2.21. The van der Waals surface area contributed by atoms with Crippen molar-refractivity contribution >= 4 is 21.7 Å². The molecule has 21 heavy (non-hydrogen) atoms. The molecule has 1 fully saturated rings. The Morgan fingerprint density at radius 1 is 1.48 bits per heavy atom. The first kappa shape index (κ1) is 15.4. The highest BCUT2D eigenvalue weighted by molar-refractivity contribution is 7.89. The molecule has 0 bridgehead atoms. The number of sulfonamides is 1. The van der Waals surface area contributed by atoms with Crippen LogP contribution in [0.25, 0.3) is 0 Å². The number of rotatable bonds is 5. The third-order valence-electron chi connectivity index (χ3n) is 3.38. The molecule has 9 heteroatoms. The van der Waals surface area contributed by atoms with Crippen LogP contribution in [0.2, 0.25) is 0 Å². The summed E-state index contributed by atoms with van der Waals surface area (Å²) in [6, 6.07) is 4.85. The molecule has 1 aromatic rings. The highest BCUT2D eigenvalue weighted by Crippen LogP contribution is 2.27. The van der Waals surface area contributed by atoms with Crippen LogP contribution in [0.3, 0.4) is 0 Å². The maximum absolute atomic E-state index is 12.4. The summed E-state index contributed by atoms with van der Waals surface area (Å²) in [5, 5.41) is 19.4. The van der Waals surface area contributed by atoms with Crippen LogP contribution in [-0.4, -0.2) is 41.8 Å². The summed E-state index contributed by atoms with van der Waals surface area (Å²) in [4.78, 5) is 20.6. The molecule has 0 radical (unpaired) electrons. The number of carbonyl (C=O) groups is 1. The van der Waals surface area contributed by atoms with Crippen molar-refractivity contribution < 1.29 is 23.2 Å². The molecule has 1 heterocycles. The van der Waals surface area contributed by atoms with Crippen LogP contribution >= 0.6 is 0 Å². The van der Waals surface area contributed by atoms with Crippen molar-refractivity contribution in [1.82, 2.24) is 4.31 Å². The van der Waals surface area contributed by atoms with Crippen LogP contribution in [0.1, 0.15) is 12.8 Å². The minimum Gasteiger partial charge on any atom is -0.481 e. The van der Waals surface area contributed by atoms with E-state index in [9.17, 15) is 23.3 Å². The summed E-state index contributed by atoms with van der Waals surface area (Å²) in [6.07, 6.45) is 0.390. The summed E-state index contributed by atoms with van der Waals surface area (Å²) in [5.74, 6) is -1.19. The number of carboxylic acids is 1. The maximum Gasteiger partial charge on any atom is 0.303 e. The molecule has 114 valence electrons. The van der Waals surface area contributed by atoms with Gasteiger partial charge in [-0.25, -0.2) is 8.42 Å². The Bertz CT molecular complexity index is 672. The Kier molecular flexibility index (Phi) is 4.24. The molecule has 1 unspecified atom stereocenters. The summed E-state index contributed by atoms with van der Waals surface area (Å²) in [5.41, 5.74) is -0.294. The molecule has 0 amide bonds. The largest absolute Gasteiger partial charge is 0.481 e. The van der Waals surface area contributed by atoms with Gasteiger partial charge in [-0.05, 0) is 18.4 Å². The number of hydrogen-bond donors (Lipinski definition) is 1. The number of benzene rings is 1. The summed E-state index contributed by atoms with van der Waals surface area (Å²) in [6.45, 7) is 0.348. The van der Waals surface area contributed by atoms with E-state index in [4.69, 9.17) is 5.11 Å². The van der Waals surface area contributed by atoms with Crippen LogP contribution in [0.5, 0.6) is 0 Å². The first-order valence-corrected chi connectivity index (χ1v) is 7.71. The number of hydrogen-bond acceptors (Lipinski definition) is 5. The van der Waals surface area contributed by atoms with Gasteiger partial charge in [0.15, 0.2) is 0 Å². The molecule has 1 aliphatic heterocycles. The molecule has 1 saturated heterocycles. The van der Waals surface area contributed by atoms with Gasteiger partial charge in [0.2, 0.25) is 10.0 Å². The summed E-state index contributed by atoms with van der Waals surface area (Å²) < 4.78 is 26.0. The van der Waals surface area contributed by atoms with Crippen LogP contribution in [0.4, 0.5) is 5.69 Å². The van der Waals surface area contributed by atoms with Gasteiger partial charge in [0.05, 0.1) is 9.82 Å². The fourth-order valence-corrected chi connectivity index (χ4v) is 3.91. The van der Waals surface area contributed by atoms with Crippen LogP contribution < -0.4 is 0 Å². The zero-order chi connectivity index (χ0) is 15.6. The van der Waals surface area contributed by atoms with E-state index in [-0.39, 0.29) is 36.0 Å². The second-order valence-electron chi connectivity index (χ2n) is 4.87. The monoisotopic (exact) mass is 314 g/mol. The average molecular weight is 314 g/mol. The molecule has 1 N–H and O–H groups in total. The van der Waals surface area contributed by atoms with Gasteiger partial charge in [-0.3, -0.25) is 14.9 Å². The Morgan fingerprint density at radius 2 is 2.19 bits per heavy atom. The van der Waals surface area contributed by atoms with Crippen molar-refractivity contribution in [3.8, 4) is 0 Å². The van der Waals surface area contributed by atoms with Crippen molar-refractivity contribution in [3.63, 3.8) is 0 Å². The summed E-state index contributed by atoms with van der Waals surface area (Å²) in [7, 11) is -3.83. The zero-order valence-electron chi connectivity index (χ0n) is 11.0. The Morgan fingerprint density at radius 3 is 2.81 bits per heavy atom. The fourth-order valence-electron chi connectivity index (χ4n) is 2.34. The summed E-state index contributed by atoms with van der Waals surface area (Å²) >= 11 is 0.